The summed E-state index contributed by atoms with van der Waals surface area (Å²) >= 11 is 0. The summed E-state index contributed by atoms with van der Waals surface area (Å²) in [5.41, 5.74) is 4.71. The number of hydrogen-bond donors (Lipinski definition) is 1. The van der Waals surface area contributed by atoms with Crippen molar-refractivity contribution in [2.24, 2.45) is 10.8 Å². The Bertz CT molecular complexity index is 1220. The quantitative estimate of drug-likeness (QED) is 0.173. The molecule has 0 saturated heterocycles. The molecule has 0 amide bonds. The van der Waals surface area contributed by atoms with Gasteiger partial charge >= 0.3 is 0 Å². The van der Waals surface area contributed by atoms with Crippen LogP contribution in [0.1, 0.15) is 84.5 Å². The molecular formula is C31H41IrN2O2-. The fraction of sp³-hybridized carbons (Fsp3) is 0.452. The molecule has 0 saturated carbocycles. The van der Waals surface area contributed by atoms with Gasteiger partial charge in [0.2, 0.25) is 0 Å². The van der Waals surface area contributed by atoms with Gasteiger partial charge in [0, 0.05) is 48.1 Å². The van der Waals surface area contributed by atoms with Crippen molar-refractivity contribution in [3.63, 3.8) is 0 Å². The van der Waals surface area contributed by atoms with E-state index in [1.165, 1.54) is 11.6 Å². The van der Waals surface area contributed by atoms with Crippen molar-refractivity contribution in [1.82, 2.24) is 9.97 Å². The monoisotopic (exact) mass is 666 g/mol. The van der Waals surface area contributed by atoms with Gasteiger partial charge in [0.15, 0.2) is 5.78 Å². The maximum atomic E-state index is 11.5. The molecule has 1 N–H and O–H groups in total. The van der Waals surface area contributed by atoms with Crippen LogP contribution in [0.25, 0.3) is 22.3 Å². The Morgan fingerprint density at radius 1 is 1.03 bits per heavy atom. The number of aromatic nitrogens is 2. The van der Waals surface area contributed by atoms with E-state index in [-0.39, 0.29) is 37.1 Å². The van der Waals surface area contributed by atoms with Gasteiger partial charge in [0.25, 0.3) is 0 Å². The number of aliphatic hydroxyl groups excluding tert-OH is 1. The van der Waals surface area contributed by atoms with E-state index in [0.717, 1.165) is 40.0 Å². The van der Waals surface area contributed by atoms with E-state index >= 15 is 0 Å². The van der Waals surface area contributed by atoms with Gasteiger partial charge in [-0.05, 0) is 18.9 Å². The van der Waals surface area contributed by atoms with E-state index < -0.39 is 5.41 Å². The van der Waals surface area contributed by atoms with E-state index in [1.54, 1.807) is 0 Å². The Morgan fingerprint density at radius 3 is 2.19 bits per heavy atom. The molecule has 0 aliphatic carbocycles. The second kappa shape index (κ2) is 12.7. The van der Waals surface area contributed by atoms with Gasteiger partial charge in [0.05, 0.1) is 11.3 Å². The van der Waals surface area contributed by atoms with E-state index in [2.05, 4.69) is 45.0 Å². The van der Waals surface area contributed by atoms with Crippen LogP contribution in [0.5, 0.6) is 0 Å². The van der Waals surface area contributed by atoms with Crippen LogP contribution in [0.4, 0.5) is 0 Å². The summed E-state index contributed by atoms with van der Waals surface area (Å²) in [6.07, 6.45) is 2.46. The van der Waals surface area contributed by atoms with Crippen LogP contribution in [0.2, 0.25) is 0 Å². The number of carbonyl (C=O) groups excluding carboxylic acids is 1. The molecule has 36 heavy (non-hydrogen) atoms. The maximum Gasteiger partial charge on any atom is 0.164 e. The summed E-state index contributed by atoms with van der Waals surface area (Å²) in [4.78, 5) is 20.9. The molecule has 0 aliphatic rings. The van der Waals surface area contributed by atoms with Crippen LogP contribution in [0.3, 0.4) is 0 Å². The molecule has 0 fully saturated rings. The molecular weight excluding hydrogens is 625 g/mol. The van der Waals surface area contributed by atoms with Crippen LogP contribution < -0.4 is 0 Å². The summed E-state index contributed by atoms with van der Waals surface area (Å²) in [5, 5.41) is 10.7. The van der Waals surface area contributed by atoms with E-state index in [0.29, 0.717) is 5.92 Å². The Hall–Kier alpha value is -2.36. The minimum absolute atomic E-state index is 0. The van der Waals surface area contributed by atoms with Crippen molar-refractivity contribution in [2.45, 2.75) is 81.6 Å². The van der Waals surface area contributed by atoms with Crippen LogP contribution in [-0.2, 0) is 24.9 Å². The average Bonchev–Trinajstić information content (AvgIpc) is 2.77. The number of benzene rings is 2. The predicted octanol–water partition coefficient (Wildman–Crippen LogP) is 8.31. The molecule has 1 heterocycles. The first-order valence-electron chi connectivity index (χ1n) is 12.4. The van der Waals surface area contributed by atoms with Crippen LogP contribution in [0.15, 0.2) is 48.2 Å². The molecule has 1 radical (unpaired) electrons. The largest absolute Gasteiger partial charge is 0.512 e. The Kier molecular flexibility index (Phi) is 11.2. The third-order valence-corrected chi connectivity index (χ3v) is 6.02. The fourth-order valence-electron chi connectivity index (χ4n) is 3.30. The van der Waals surface area contributed by atoms with E-state index in [4.69, 9.17) is 9.97 Å². The van der Waals surface area contributed by atoms with Gasteiger partial charge in [0.1, 0.15) is 5.76 Å². The van der Waals surface area contributed by atoms with Crippen molar-refractivity contribution in [3.05, 3.63) is 71.1 Å². The van der Waals surface area contributed by atoms with Crippen molar-refractivity contribution in [2.75, 3.05) is 0 Å². The number of ketones is 1. The number of hydrogen-bond acceptors (Lipinski definition) is 4. The van der Waals surface area contributed by atoms with Crippen molar-refractivity contribution >= 4 is 16.7 Å². The van der Waals surface area contributed by atoms with Crippen molar-refractivity contribution in [1.29, 1.82) is 0 Å². The molecule has 1 atom stereocenters. The molecule has 2 aromatic carbocycles. The smallest absolute Gasteiger partial charge is 0.164 e. The zero-order valence-corrected chi connectivity index (χ0v) is 25.8. The molecule has 3 rings (SSSR count). The number of aliphatic hydroxyl groups is 1. The van der Waals surface area contributed by atoms with Crippen molar-refractivity contribution in [3.8, 4) is 11.4 Å². The van der Waals surface area contributed by atoms with Gasteiger partial charge in [-0.15, -0.1) is 34.9 Å². The van der Waals surface area contributed by atoms with E-state index in [1.807, 2.05) is 66.7 Å². The number of fused-ring (bicyclic) bond motifs is 1. The molecule has 0 aliphatic heterocycles. The third kappa shape index (κ3) is 8.64. The van der Waals surface area contributed by atoms with Gasteiger partial charge in [-0.1, -0.05) is 86.9 Å². The number of nitrogens with zero attached hydrogens (tertiary/aromatic N) is 2. The maximum absolute atomic E-state index is 11.5. The summed E-state index contributed by atoms with van der Waals surface area (Å²) in [5.74, 6) is 1.41. The first-order valence-corrected chi connectivity index (χ1v) is 12.4. The molecule has 197 valence electrons. The first kappa shape index (κ1) is 31.7. The van der Waals surface area contributed by atoms with Gasteiger partial charge < -0.3 is 5.11 Å². The van der Waals surface area contributed by atoms with E-state index in [9.17, 15) is 9.90 Å². The van der Waals surface area contributed by atoms with Crippen LogP contribution >= 0.6 is 0 Å². The summed E-state index contributed by atoms with van der Waals surface area (Å²) < 4.78 is 0. The number of aryl methyl sites for hydroxylation is 2. The number of rotatable bonds is 4. The zero-order valence-electron chi connectivity index (χ0n) is 23.4. The number of allylic oxidation sites excluding steroid dienone is 2. The Morgan fingerprint density at radius 2 is 1.64 bits per heavy atom. The molecule has 3 aromatic rings. The molecule has 0 spiro atoms. The summed E-state index contributed by atoms with van der Waals surface area (Å²) in [6, 6.07) is 16.0. The second-order valence-electron chi connectivity index (χ2n) is 11.4. The SMILES string of the molecule is CC(C)(C)C(=O)/C=C(\O)C(C)(C)C.CCC(C)c1cc(C)[c-]c(-c2nc(C)c3ccccc3n2)c1.[Ir]. The molecule has 1 unspecified atom stereocenters. The Balaban J connectivity index is 0.000000402. The Labute approximate surface area is 231 Å². The second-order valence-corrected chi connectivity index (χ2v) is 11.4. The fourth-order valence-corrected chi connectivity index (χ4v) is 3.30. The topological polar surface area (TPSA) is 63.1 Å². The minimum Gasteiger partial charge on any atom is -0.512 e. The summed E-state index contributed by atoms with van der Waals surface area (Å²) in [6.45, 7) is 19.7. The van der Waals surface area contributed by atoms with Crippen molar-refractivity contribution < 1.29 is 30.0 Å². The number of para-hydroxylation sites is 1. The first-order chi connectivity index (χ1) is 16.1. The molecule has 5 heteroatoms. The molecule has 4 nitrogen and oxygen atoms in total. The average molecular weight is 666 g/mol. The molecule has 0 bridgehead atoms. The van der Waals surface area contributed by atoms with Crippen LogP contribution in [0, 0.1) is 30.7 Å². The third-order valence-electron chi connectivity index (χ3n) is 6.02. The standard InChI is InChI=1S/C20H21N2.C11H20O2.Ir/c1-5-14(3)16-10-13(2)11-17(12-16)20-21-15(4)18-8-6-7-9-19(18)22-20;1-10(2,3)8(12)7-9(13)11(4,5)6;/h6-10,12,14H,5H2,1-4H3;7,12H,1-6H3;/q-1;;/b;8-7-;. The van der Waals surface area contributed by atoms with Gasteiger partial charge in [-0.2, -0.15) is 0 Å². The molecule has 1 aromatic heterocycles. The van der Waals surface area contributed by atoms with Crippen LogP contribution in [-0.4, -0.2) is 20.9 Å². The normalized spacial score (nSPS) is 12.9. The van der Waals surface area contributed by atoms with Gasteiger partial charge in [-0.3, -0.25) is 14.8 Å². The summed E-state index contributed by atoms with van der Waals surface area (Å²) in [7, 11) is 0. The predicted molar refractivity (Wildman–Crippen MR) is 147 cm³/mol. The minimum atomic E-state index is -0.417. The number of carbonyl (C=O) groups is 1. The van der Waals surface area contributed by atoms with Gasteiger partial charge in [-0.25, -0.2) is 0 Å². The zero-order chi connectivity index (χ0) is 26.6.